The average molecular weight is 183 g/mol. The van der Waals surface area contributed by atoms with E-state index < -0.39 is 0 Å². The molecular formula is C11H21NO. The van der Waals surface area contributed by atoms with Gasteiger partial charge in [0.1, 0.15) is 0 Å². The van der Waals surface area contributed by atoms with Crippen molar-refractivity contribution in [2.24, 2.45) is 11.3 Å². The molecule has 0 atom stereocenters. The summed E-state index contributed by atoms with van der Waals surface area (Å²) in [7, 11) is 0. The summed E-state index contributed by atoms with van der Waals surface area (Å²) in [5, 5.41) is 3.34. The molecule has 0 radical (unpaired) electrons. The number of ether oxygens (including phenoxy) is 1. The molecule has 0 bridgehead atoms. The minimum Gasteiger partial charge on any atom is -0.378 e. The van der Waals surface area contributed by atoms with E-state index in [4.69, 9.17) is 4.74 Å². The van der Waals surface area contributed by atoms with Crippen LogP contribution in [-0.2, 0) is 4.74 Å². The van der Waals surface area contributed by atoms with E-state index in [1.165, 1.54) is 32.4 Å². The first-order chi connectivity index (χ1) is 6.20. The molecule has 1 aliphatic carbocycles. The Morgan fingerprint density at radius 1 is 1.38 bits per heavy atom. The molecule has 1 N–H and O–H groups in total. The first-order valence-electron chi connectivity index (χ1n) is 5.53. The number of nitrogens with one attached hydrogen (secondary N) is 1. The van der Waals surface area contributed by atoms with Crippen molar-refractivity contribution in [3.63, 3.8) is 0 Å². The van der Waals surface area contributed by atoms with Gasteiger partial charge in [-0.25, -0.2) is 0 Å². The van der Waals surface area contributed by atoms with Crippen molar-refractivity contribution in [2.75, 3.05) is 19.7 Å². The Morgan fingerprint density at radius 3 is 2.54 bits per heavy atom. The van der Waals surface area contributed by atoms with E-state index >= 15 is 0 Å². The van der Waals surface area contributed by atoms with Crippen molar-refractivity contribution in [2.45, 2.75) is 39.2 Å². The molecule has 1 heterocycles. The van der Waals surface area contributed by atoms with Gasteiger partial charge in [-0.3, -0.25) is 0 Å². The van der Waals surface area contributed by atoms with E-state index in [1.54, 1.807) is 0 Å². The molecule has 0 aromatic rings. The quantitative estimate of drug-likeness (QED) is 0.717. The molecule has 2 fully saturated rings. The van der Waals surface area contributed by atoms with Crippen molar-refractivity contribution in [3.8, 4) is 0 Å². The van der Waals surface area contributed by atoms with E-state index in [-0.39, 0.29) is 0 Å². The van der Waals surface area contributed by atoms with Gasteiger partial charge in [-0.2, -0.15) is 0 Å². The maximum absolute atomic E-state index is 5.79. The van der Waals surface area contributed by atoms with Gasteiger partial charge in [0.25, 0.3) is 0 Å². The van der Waals surface area contributed by atoms with Crippen LogP contribution in [0, 0.1) is 11.3 Å². The number of hydrogen-bond acceptors (Lipinski definition) is 2. The molecule has 0 aromatic heterocycles. The third kappa shape index (κ3) is 2.05. The molecule has 1 saturated carbocycles. The third-order valence-electron chi connectivity index (χ3n) is 3.37. The Balaban J connectivity index is 1.54. The molecule has 0 unspecified atom stereocenters. The molecule has 1 aliphatic heterocycles. The van der Waals surface area contributed by atoms with Gasteiger partial charge in [0, 0.05) is 25.1 Å². The van der Waals surface area contributed by atoms with Gasteiger partial charge in [0.05, 0.1) is 6.10 Å². The summed E-state index contributed by atoms with van der Waals surface area (Å²) in [6, 6.07) is 0. The van der Waals surface area contributed by atoms with Crippen LogP contribution >= 0.6 is 0 Å². The molecule has 13 heavy (non-hydrogen) atoms. The highest BCUT2D eigenvalue weighted by molar-refractivity contribution is 5.03. The normalized spacial score (nSPS) is 26.1. The van der Waals surface area contributed by atoms with Crippen molar-refractivity contribution >= 4 is 0 Å². The lowest BCUT2D eigenvalue weighted by Gasteiger charge is -2.54. The third-order valence-corrected chi connectivity index (χ3v) is 3.37. The fourth-order valence-electron chi connectivity index (χ4n) is 2.26. The van der Waals surface area contributed by atoms with Crippen LogP contribution in [0.2, 0.25) is 0 Å². The van der Waals surface area contributed by atoms with E-state index in [1.807, 2.05) is 0 Å². The number of hydrogen-bond donors (Lipinski definition) is 1. The van der Waals surface area contributed by atoms with Crippen LogP contribution in [0.3, 0.4) is 0 Å². The molecule has 0 aromatic carbocycles. The van der Waals surface area contributed by atoms with Crippen LogP contribution < -0.4 is 5.32 Å². The van der Waals surface area contributed by atoms with Crippen molar-refractivity contribution in [1.82, 2.24) is 5.32 Å². The Morgan fingerprint density at radius 2 is 2.08 bits per heavy atom. The van der Waals surface area contributed by atoms with E-state index in [9.17, 15) is 0 Å². The molecule has 2 rings (SSSR count). The molecular weight excluding hydrogens is 162 g/mol. The second kappa shape index (κ2) is 3.58. The first-order valence-corrected chi connectivity index (χ1v) is 5.53. The standard InChI is InChI=1S/C11H21NO/c1-9(2)3-4-13-10-5-11(6-10)7-12-8-11/h9-10,12H,3-8H2,1-2H3. The lowest BCUT2D eigenvalue weighted by atomic mass is 9.63. The minimum absolute atomic E-state index is 0.584. The summed E-state index contributed by atoms with van der Waals surface area (Å²) in [5.74, 6) is 0.777. The zero-order chi connectivity index (χ0) is 9.31. The van der Waals surface area contributed by atoms with Gasteiger partial charge < -0.3 is 10.1 Å². The summed E-state index contributed by atoms with van der Waals surface area (Å²) < 4.78 is 5.79. The van der Waals surface area contributed by atoms with Gasteiger partial charge in [-0.15, -0.1) is 0 Å². The molecule has 0 amide bonds. The van der Waals surface area contributed by atoms with Crippen LogP contribution in [0.15, 0.2) is 0 Å². The summed E-state index contributed by atoms with van der Waals surface area (Å²) in [6.45, 7) is 7.93. The van der Waals surface area contributed by atoms with Crippen molar-refractivity contribution in [1.29, 1.82) is 0 Å². The maximum Gasteiger partial charge on any atom is 0.0587 e. The fraction of sp³-hybridized carbons (Fsp3) is 1.00. The molecule has 76 valence electrons. The number of rotatable bonds is 4. The Kier molecular flexibility index (Phi) is 2.61. The van der Waals surface area contributed by atoms with Crippen LogP contribution in [0.5, 0.6) is 0 Å². The van der Waals surface area contributed by atoms with Crippen LogP contribution in [0.4, 0.5) is 0 Å². The SMILES string of the molecule is CC(C)CCOC1CC2(CNC2)C1. The van der Waals surface area contributed by atoms with E-state index in [0.717, 1.165) is 12.5 Å². The predicted octanol–water partition coefficient (Wildman–Crippen LogP) is 1.80. The van der Waals surface area contributed by atoms with Crippen LogP contribution in [-0.4, -0.2) is 25.8 Å². The van der Waals surface area contributed by atoms with Crippen LogP contribution in [0.1, 0.15) is 33.1 Å². The minimum atomic E-state index is 0.584. The molecule has 2 nitrogen and oxygen atoms in total. The van der Waals surface area contributed by atoms with Crippen LogP contribution in [0.25, 0.3) is 0 Å². The highest BCUT2D eigenvalue weighted by Gasteiger charge is 2.48. The zero-order valence-electron chi connectivity index (χ0n) is 8.81. The highest BCUT2D eigenvalue weighted by atomic mass is 16.5. The lowest BCUT2D eigenvalue weighted by Crippen LogP contribution is -2.62. The van der Waals surface area contributed by atoms with Gasteiger partial charge in [0.2, 0.25) is 0 Å². The summed E-state index contributed by atoms with van der Waals surface area (Å²) in [6.07, 6.45) is 4.40. The maximum atomic E-state index is 5.79. The van der Waals surface area contributed by atoms with Gasteiger partial charge in [-0.1, -0.05) is 13.8 Å². The Bertz CT molecular complexity index is 167. The smallest absolute Gasteiger partial charge is 0.0587 e. The topological polar surface area (TPSA) is 21.3 Å². The lowest BCUT2D eigenvalue weighted by molar-refractivity contribution is -0.105. The monoisotopic (exact) mass is 183 g/mol. The van der Waals surface area contributed by atoms with Crippen molar-refractivity contribution < 1.29 is 4.74 Å². The second-order valence-corrected chi connectivity index (χ2v) is 5.19. The molecule has 2 heteroatoms. The Hall–Kier alpha value is -0.0800. The second-order valence-electron chi connectivity index (χ2n) is 5.19. The molecule has 1 saturated heterocycles. The average Bonchev–Trinajstić information content (AvgIpc) is 1.89. The van der Waals surface area contributed by atoms with Gasteiger partial charge >= 0.3 is 0 Å². The van der Waals surface area contributed by atoms with Gasteiger partial charge in [0.15, 0.2) is 0 Å². The zero-order valence-corrected chi connectivity index (χ0v) is 8.81. The first kappa shape index (κ1) is 9.47. The van der Waals surface area contributed by atoms with Crippen molar-refractivity contribution in [3.05, 3.63) is 0 Å². The highest BCUT2D eigenvalue weighted by Crippen LogP contribution is 2.45. The summed E-state index contributed by atoms with van der Waals surface area (Å²) in [5.41, 5.74) is 0.669. The predicted molar refractivity (Wildman–Crippen MR) is 53.7 cm³/mol. The largest absolute Gasteiger partial charge is 0.378 e. The summed E-state index contributed by atoms with van der Waals surface area (Å²) >= 11 is 0. The fourth-order valence-corrected chi connectivity index (χ4v) is 2.26. The van der Waals surface area contributed by atoms with Gasteiger partial charge in [-0.05, 0) is 25.2 Å². The summed E-state index contributed by atoms with van der Waals surface area (Å²) in [4.78, 5) is 0. The molecule has 1 spiro atoms. The molecule has 2 aliphatic rings. The van der Waals surface area contributed by atoms with E-state index in [2.05, 4.69) is 19.2 Å². The Labute approximate surface area is 81.0 Å². The van der Waals surface area contributed by atoms with E-state index in [0.29, 0.717) is 11.5 Å².